The zero-order valence-corrected chi connectivity index (χ0v) is 10.9. The Balaban J connectivity index is 2.85. The Morgan fingerprint density at radius 1 is 1.18 bits per heavy atom. The van der Waals surface area contributed by atoms with Crippen LogP contribution >= 0.6 is 0 Å². The highest BCUT2D eigenvalue weighted by atomic mass is 16.3. The molecule has 0 unspecified atom stereocenters. The number of aliphatic hydroxyl groups is 2. The molecule has 0 aliphatic rings. The lowest BCUT2D eigenvalue weighted by Gasteiger charge is -2.30. The second-order valence-corrected chi connectivity index (χ2v) is 4.93. The molecule has 0 spiro atoms. The maximum atomic E-state index is 9.26. The van der Waals surface area contributed by atoms with Crippen LogP contribution in [-0.2, 0) is 0 Å². The largest absolute Gasteiger partial charge is 0.396 e. The van der Waals surface area contributed by atoms with Crippen LogP contribution < -0.4 is 4.90 Å². The number of aryl methyl sites for hydroxylation is 2. The summed E-state index contributed by atoms with van der Waals surface area (Å²) in [6, 6.07) is 1.91. The Hall–Kier alpha value is -1.20. The van der Waals surface area contributed by atoms with Gasteiger partial charge in [0, 0.05) is 30.4 Å². The number of hydrogen-bond acceptors (Lipinski definition) is 5. The van der Waals surface area contributed by atoms with Crippen LogP contribution in [0.2, 0.25) is 0 Å². The summed E-state index contributed by atoms with van der Waals surface area (Å²) in [7, 11) is 1.86. The van der Waals surface area contributed by atoms with Crippen LogP contribution in [0.1, 0.15) is 18.3 Å². The standard InChI is InChI=1S/C12H21N3O2/c1-9-5-10(2)14-11(13-9)15(4)6-12(3,7-16)8-17/h5,16-17H,6-8H2,1-4H3. The van der Waals surface area contributed by atoms with Crippen LogP contribution in [0.3, 0.4) is 0 Å². The third-order valence-corrected chi connectivity index (χ3v) is 2.69. The van der Waals surface area contributed by atoms with Crippen molar-refractivity contribution in [3.8, 4) is 0 Å². The third-order valence-electron chi connectivity index (χ3n) is 2.69. The summed E-state index contributed by atoms with van der Waals surface area (Å²) in [6.45, 7) is 6.03. The maximum absolute atomic E-state index is 9.26. The van der Waals surface area contributed by atoms with E-state index in [1.807, 2.05) is 38.8 Å². The van der Waals surface area contributed by atoms with Crippen molar-refractivity contribution in [3.05, 3.63) is 17.5 Å². The van der Waals surface area contributed by atoms with E-state index in [-0.39, 0.29) is 13.2 Å². The van der Waals surface area contributed by atoms with Crippen molar-refractivity contribution >= 4 is 5.95 Å². The number of nitrogens with zero attached hydrogens (tertiary/aromatic N) is 3. The first-order valence-electron chi connectivity index (χ1n) is 5.65. The van der Waals surface area contributed by atoms with E-state index in [0.717, 1.165) is 11.4 Å². The van der Waals surface area contributed by atoms with Gasteiger partial charge in [-0.1, -0.05) is 6.92 Å². The lowest BCUT2D eigenvalue weighted by molar-refractivity contribution is 0.0760. The first-order chi connectivity index (χ1) is 7.90. The van der Waals surface area contributed by atoms with Crippen molar-refractivity contribution in [2.75, 3.05) is 31.7 Å². The van der Waals surface area contributed by atoms with E-state index < -0.39 is 5.41 Å². The molecule has 0 atom stereocenters. The average Bonchev–Trinajstić information content (AvgIpc) is 2.27. The summed E-state index contributed by atoms with van der Waals surface area (Å²) < 4.78 is 0. The minimum absolute atomic E-state index is 0.0708. The summed E-state index contributed by atoms with van der Waals surface area (Å²) in [6.07, 6.45) is 0. The molecule has 0 aliphatic carbocycles. The van der Waals surface area contributed by atoms with Gasteiger partial charge in [0.25, 0.3) is 0 Å². The Morgan fingerprint density at radius 2 is 1.65 bits per heavy atom. The quantitative estimate of drug-likeness (QED) is 0.784. The summed E-state index contributed by atoms with van der Waals surface area (Å²) >= 11 is 0. The van der Waals surface area contributed by atoms with Gasteiger partial charge in [0.1, 0.15) is 0 Å². The normalized spacial score (nSPS) is 11.6. The second-order valence-electron chi connectivity index (χ2n) is 4.93. The molecule has 1 heterocycles. The Bertz CT molecular complexity index is 358. The number of anilines is 1. The maximum Gasteiger partial charge on any atom is 0.225 e. The van der Waals surface area contributed by atoms with Crippen LogP contribution in [0.5, 0.6) is 0 Å². The Morgan fingerprint density at radius 3 is 2.06 bits per heavy atom. The first kappa shape index (κ1) is 13.9. The van der Waals surface area contributed by atoms with Crippen LogP contribution in [0.4, 0.5) is 5.95 Å². The van der Waals surface area contributed by atoms with Gasteiger partial charge in [-0.25, -0.2) is 9.97 Å². The molecule has 5 nitrogen and oxygen atoms in total. The average molecular weight is 239 g/mol. The van der Waals surface area contributed by atoms with Crippen LogP contribution in [-0.4, -0.2) is 47.0 Å². The summed E-state index contributed by atoms with van der Waals surface area (Å²) in [5.74, 6) is 0.621. The zero-order valence-electron chi connectivity index (χ0n) is 10.9. The summed E-state index contributed by atoms with van der Waals surface area (Å²) in [4.78, 5) is 10.5. The fourth-order valence-electron chi connectivity index (χ4n) is 1.67. The highest BCUT2D eigenvalue weighted by molar-refractivity contribution is 5.31. The van der Waals surface area contributed by atoms with E-state index in [9.17, 15) is 10.2 Å². The SMILES string of the molecule is Cc1cc(C)nc(N(C)CC(C)(CO)CO)n1. The third kappa shape index (κ3) is 3.64. The molecule has 5 heteroatoms. The van der Waals surface area contributed by atoms with E-state index in [2.05, 4.69) is 9.97 Å². The van der Waals surface area contributed by atoms with Crippen molar-refractivity contribution < 1.29 is 10.2 Å². The molecule has 0 amide bonds. The molecule has 1 aromatic rings. The Labute approximate surface area is 102 Å². The van der Waals surface area contributed by atoms with Gasteiger partial charge in [-0.2, -0.15) is 0 Å². The van der Waals surface area contributed by atoms with E-state index in [1.165, 1.54) is 0 Å². The molecule has 96 valence electrons. The van der Waals surface area contributed by atoms with Crippen LogP contribution in [0.25, 0.3) is 0 Å². The fourth-order valence-corrected chi connectivity index (χ4v) is 1.67. The van der Waals surface area contributed by atoms with E-state index >= 15 is 0 Å². The highest BCUT2D eigenvalue weighted by Gasteiger charge is 2.25. The molecule has 17 heavy (non-hydrogen) atoms. The van der Waals surface area contributed by atoms with Gasteiger partial charge in [0.15, 0.2) is 0 Å². The molecular weight excluding hydrogens is 218 g/mol. The zero-order chi connectivity index (χ0) is 13.1. The summed E-state index contributed by atoms with van der Waals surface area (Å²) in [5, 5.41) is 18.5. The number of aromatic nitrogens is 2. The topological polar surface area (TPSA) is 69.5 Å². The predicted molar refractivity (Wildman–Crippen MR) is 67.1 cm³/mol. The molecular formula is C12H21N3O2. The second kappa shape index (κ2) is 5.42. The number of aliphatic hydroxyl groups excluding tert-OH is 2. The molecule has 0 radical (unpaired) electrons. The highest BCUT2D eigenvalue weighted by Crippen LogP contribution is 2.18. The molecule has 1 aromatic heterocycles. The molecule has 0 aliphatic heterocycles. The number of rotatable bonds is 5. The number of hydrogen-bond donors (Lipinski definition) is 2. The van der Waals surface area contributed by atoms with Crippen molar-refractivity contribution in [1.29, 1.82) is 0 Å². The monoisotopic (exact) mass is 239 g/mol. The smallest absolute Gasteiger partial charge is 0.225 e. The lowest BCUT2D eigenvalue weighted by Crippen LogP contribution is -2.39. The fraction of sp³-hybridized carbons (Fsp3) is 0.667. The molecule has 0 bridgehead atoms. The van der Waals surface area contributed by atoms with E-state index in [0.29, 0.717) is 12.5 Å². The Kier molecular flexibility index (Phi) is 4.42. The molecule has 0 saturated carbocycles. The first-order valence-corrected chi connectivity index (χ1v) is 5.65. The molecule has 0 saturated heterocycles. The van der Waals surface area contributed by atoms with Crippen molar-refractivity contribution in [3.63, 3.8) is 0 Å². The van der Waals surface area contributed by atoms with Crippen molar-refractivity contribution in [1.82, 2.24) is 9.97 Å². The van der Waals surface area contributed by atoms with Gasteiger partial charge in [-0.05, 0) is 19.9 Å². The minimum Gasteiger partial charge on any atom is -0.396 e. The lowest BCUT2D eigenvalue weighted by atomic mass is 9.92. The van der Waals surface area contributed by atoms with Gasteiger partial charge in [0.2, 0.25) is 5.95 Å². The van der Waals surface area contributed by atoms with Crippen molar-refractivity contribution in [2.24, 2.45) is 5.41 Å². The van der Waals surface area contributed by atoms with E-state index in [1.54, 1.807) is 0 Å². The molecule has 0 aromatic carbocycles. The van der Waals surface area contributed by atoms with Gasteiger partial charge in [-0.15, -0.1) is 0 Å². The summed E-state index contributed by atoms with van der Waals surface area (Å²) in [5.41, 5.74) is 1.28. The van der Waals surface area contributed by atoms with Gasteiger partial charge in [0.05, 0.1) is 13.2 Å². The van der Waals surface area contributed by atoms with Crippen LogP contribution in [0.15, 0.2) is 6.07 Å². The van der Waals surface area contributed by atoms with Crippen molar-refractivity contribution in [2.45, 2.75) is 20.8 Å². The van der Waals surface area contributed by atoms with Gasteiger partial charge >= 0.3 is 0 Å². The van der Waals surface area contributed by atoms with Crippen LogP contribution in [0, 0.1) is 19.3 Å². The van der Waals surface area contributed by atoms with Gasteiger partial charge < -0.3 is 15.1 Å². The predicted octanol–water partition coefficient (Wildman–Crippen LogP) is 0.521. The van der Waals surface area contributed by atoms with E-state index in [4.69, 9.17) is 0 Å². The van der Waals surface area contributed by atoms with Gasteiger partial charge in [-0.3, -0.25) is 0 Å². The molecule has 0 fully saturated rings. The molecule has 2 N–H and O–H groups in total. The molecule has 1 rings (SSSR count). The minimum atomic E-state index is -0.546.